The van der Waals surface area contributed by atoms with Crippen LogP contribution in [0.25, 0.3) is 10.1 Å². The highest BCUT2D eigenvalue weighted by atomic mass is 32.2. The Bertz CT molecular complexity index is 1690. The van der Waals surface area contributed by atoms with E-state index >= 15 is 0 Å². The van der Waals surface area contributed by atoms with Crippen molar-refractivity contribution in [2.45, 2.75) is 31.7 Å². The van der Waals surface area contributed by atoms with Crippen LogP contribution in [0.5, 0.6) is 0 Å². The number of fused-ring (bicyclic) bond motifs is 1. The summed E-state index contributed by atoms with van der Waals surface area (Å²) >= 11 is 1.75. The summed E-state index contributed by atoms with van der Waals surface area (Å²) in [4.78, 5) is 13.6. The van der Waals surface area contributed by atoms with Crippen LogP contribution in [0.3, 0.4) is 0 Å². The molecule has 12 heteroatoms. The molecule has 208 valence electrons. The molecule has 1 amide bonds. The summed E-state index contributed by atoms with van der Waals surface area (Å²) in [6.07, 6.45) is 2.65. The zero-order valence-corrected chi connectivity index (χ0v) is 23.4. The third kappa shape index (κ3) is 7.79. The number of aromatic amines is 1. The fourth-order valence-corrected chi connectivity index (χ4v) is 5.49. The topological polar surface area (TPSA) is 137 Å². The van der Waals surface area contributed by atoms with Gasteiger partial charge in [0.25, 0.3) is 16.0 Å². The normalized spacial score (nSPS) is 11.2. The molecular weight excluding hydrogens is 553 g/mol. The van der Waals surface area contributed by atoms with Gasteiger partial charge in [0.05, 0.1) is 10.6 Å². The second-order valence-corrected chi connectivity index (χ2v) is 11.7. The minimum atomic E-state index is -4.02. The number of carbonyl (C=O) groups is 1. The van der Waals surface area contributed by atoms with Crippen LogP contribution in [0.4, 0.5) is 10.1 Å². The van der Waals surface area contributed by atoms with Gasteiger partial charge >= 0.3 is 0 Å². The van der Waals surface area contributed by atoms with Crippen LogP contribution in [-0.4, -0.2) is 40.8 Å². The average Bonchev–Trinajstić information content (AvgIpc) is 3.54. The summed E-state index contributed by atoms with van der Waals surface area (Å²) in [5, 5.41) is 17.8. The lowest BCUT2D eigenvalue weighted by molar-refractivity contribution is 0.102. The number of nitrogens with zero attached hydrogens (tertiary/aromatic N) is 2. The van der Waals surface area contributed by atoms with Gasteiger partial charge in [0.15, 0.2) is 0 Å². The molecule has 0 aliphatic rings. The number of carbonyl (C=O) groups excluding carboxylic acids is 1. The van der Waals surface area contributed by atoms with Gasteiger partial charge in [-0.1, -0.05) is 22.9 Å². The quantitative estimate of drug-likeness (QED) is 0.144. The number of aryl methyl sites for hydroxylation is 2. The van der Waals surface area contributed by atoms with E-state index in [4.69, 9.17) is 4.55 Å². The molecular formula is C28H28FN5O4S2. The molecule has 0 fully saturated rings. The molecule has 0 spiro atoms. The molecule has 9 nitrogen and oxygen atoms in total. The van der Waals surface area contributed by atoms with Crippen molar-refractivity contribution in [2.75, 3.05) is 11.9 Å². The number of H-pyrrole nitrogens is 1. The summed E-state index contributed by atoms with van der Waals surface area (Å²) < 4.78 is 43.8. The fraction of sp³-hybridized carbons (Fsp3) is 0.179. The van der Waals surface area contributed by atoms with Crippen LogP contribution in [-0.2, 0) is 23.1 Å². The first-order valence-corrected chi connectivity index (χ1v) is 14.5. The molecule has 4 N–H and O–H groups in total. The lowest BCUT2D eigenvalue weighted by atomic mass is 10.1. The van der Waals surface area contributed by atoms with E-state index in [0.717, 1.165) is 35.3 Å². The lowest BCUT2D eigenvalue weighted by Crippen LogP contribution is -2.17. The molecule has 5 aromatic rings. The van der Waals surface area contributed by atoms with Gasteiger partial charge in [0.1, 0.15) is 5.82 Å². The van der Waals surface area contributed by atoms with Crippen molar-refractivity contribution in [3.63, 3.8) is 0 Å². The molecule has 0 aliphatic heterocycles. The molecule has 40 heavy (non-hydrogen) atoms. The Morgan fingerprint density at radius 2 is 1.77 bits per heavy atom. The van der Waals surface area contributed by atoms with E-state index < -0.39 is 10.1 Å². The Morgan fingerprint density at radius 1 is 1.05 bits per heavy atom. The summed E-state index contributed by atoms with van der Waals surface area (Å²) in [7, 11) is -4.02. The summed E-state index contributed by atoms with van der Waals surface area (Å²) in [6.45, 7) is 5.43. The van der Waals surface area contributed by atoms with Gasteiger partial charge in [-0.3, -0.25) is 14.4 Å². The second kappa shape index (κ2) is 12.9. The summed E-state index contributed by atoms with van der Waals surface area (Å²) in [6, 6.07) is 17.4. The van der Waals surface area contributed by atoms with E-state index in [1.165, 1.54) is 51.5 Å². The predicted molar refractivity (Wildman–Crippen MR) is 154 cm³/mol. The van der Waals surface area contributed by atoms with Crippen molar-refractivity contribution in [3.8, 4) is 0 Å². The number of nitrogens with one attached hydrogen (secondary N) is 3. The van der Waals surface area contributed by atoms with Crippen molar-refractivity contribution < 1.29 is 22.2 Å². The smallest absolute Gasteiger partial charge is 0.294 e. The number of aromatic nitrogens is 3. The van der Waals surface area contributed by atoms with Crippen molar-refractivity contribution in [1.82, 2.24) is 20.7 Å². The van der Waals surface area contributed by atoms with E-state index in [1.807, 2.05) is 25.1 Å². The zero-order valence-electron chi connectivity index (χ0n) is 21.8. The lowest BCUT2D eigenvalue weighted by Gasteiger charge is -2.07. The molecule has 0 bridgehead atoms. The highest BCUT2D eigenvalue weighted by molar-refractivity contribution is 7.85. The van der Waals surface area contributed by atoms with E-state index in [-0.39, 0.29) is 16.6 Å². The molecule has 0 radical (unpaired) electrons. The van der Waals surface area contributed by atoms with Crippen LogP contribution >= 0.6 is 11.3 Å². The number of thiophene rings is 1. The van der Waals surface area contributed by atoms with Crippen molar-refractivity contribution in [2.24, 2.45) is 0 Å². The maximum Gasteiger partial charge on any atom is 0.294 e. The number of halogens is 1. The van der Waals surface area contributed by atoms with Gasteiger partial charge in [-0.2, -0.15) is 8.42 Å². The van der Waals surface area contributed by atoms with E-state index in [0.29, 0.717) is 12.1 Å². The number of hydrogen-bond donors (Lipinski definition) is 4. The molecule has 2 heterocycles. The van der Waals surface area contributed by atoms with Gasteiger partial charge in [0, 0.05) is 33.6 Å². The monoisotopic (exact) mass is 581 g/mol. The molecule has 0 aliphatic carbocycles. The first kappa shape index (κ1) is 29.0. The van der Waals surface area contributed by atoms with Crippen LogP contribution in [0.2, 0.25) is 0 Å². The molecule has 0 atom stereocenters. The molecule has 5 rings (SSSR count). The van der Waals surface area contributed by atoms with Gasteiger partial charge in [-0.05, 0) is 92.4 Å². The standard InChI is InChI=1S/C21H20FN5OS.C7H8O3S/c1-13-18(8-9-23-11-17-12-24-27-26-17)19-10-16(6-7-20(19)29-13)25-21(28)14-2-4-15(22)5-3-14;1-6-2-4-7(5-3-6)11(8,9)10/h2-7,10,12,23H,8-9,11H2,1H3,(H,25,28)(H,24,26,27);2-5H,1H3,(H,8,9,10). The van der Waals surface area contributed by atoms with Crippen LogP contribution in [0.15, 0.2) is 77.8 Å². The number of amides is 1. The minimum absolute atomic E-state index is 0.0666. The molecule has 0 saturated carbocycles. The fourth-order valence-electron chi connectivity index (χ4n) is 3.92. The van der Waals surface area contributed by atoms with Gasteiger partial charge in [0.2, 0.25) is 0 Å². The molecule has 0 unspecified atom stereocenters. The van der Waals surface area contributed by atoms with E-state index in [1.54, 1.807) is 29.7 Å². The number of rotatable bonds is 8. The Morgan fingerprint density at radius 3 is 2.42 bits per heavy atom. The van der Waals surface area contributed by atoms with E-state index in [2.05, 4.69) is 33.0 Å². The number of anilines is 1. The van der Waals surface area contributed by atoms with Crippen molar-refractivity contribution in [3.05, 3.63) is 106 Å². The Balaban J connectivity index is 0.000000283. The highest BCUT2D eigenvalue weighted by Crippen LogP contribution is 2.33. The van der Waals surface area contributed by atoms with Crippen LogP contribution < -0.4 is 10.6 Å². The SMILES string of the molecule is Cc1ccc(S(=O)(=O)O)cc1.Cc1sc2ccc(NC(=O)c3ccc(F)cc3)cc2c1CCNCc1c[nH]nn1. The maximum atomic E-state index is 13.1. The zero-order chi connectivity index (χ0) is 28.7. The van der Waals surface area contributed by atoms with Crippen LogP contribution in [0.1, 0.15) is 32.1 Å². The average molecular weight is 582 g/mol. The number of hydrogen-bond acceptors (Lipinski definition) is 7. The Labute approximate surface area is 235 Å². The highest BCUT2D eigenvalue weighted by Gasteiger charge is 2.12. The molecule has 3 aromatic carbocycles. The molecule has 2 aromatic heterocycles. The van der Waals surface area contributed by atoms with Gasteiger partial charge in [-0.25, -0.2) is 4.39 Å². The van der Waals surface area contributed by atoms with Crippen molar-refractivity contribution in [1.29, 1.82) is 0 Å². The molecule has 0 saturated heterocycles. The maximum absolute atomic E-state index is 13.1. The van der Waals surface area contributed by atoms with Gasteiger partial charge in [-0.15, -0.1) is 16.4 Å². The first-order chi connectivity index (χ1) is 19.1. The minimum Gasteiger partial charge on any atom is -0.322 e. The Kier molecular flexibility index (Phi) is 9.38. The largest absolute Gasteiger partial charge is 0.322 e. The summed E-state index contributed by atoms with van der Waals surface area (Å²) in [5.74, 6) is -0.620. The van der Waals surface area contributed by atoms with E-state index in [9.17, 15) is 17.6 Å². The van der Waals surface area contributed by atoms with Crippen LogP contribution in [0, 0.1) is 19.7 Å². The second-order valence-electron chi connectivity index (χ2n) is 8.99. The van der Waals surface area contributed by atoms with Crippen molar-refractivity contribution >= 4 is 43.1 Å². The van der Waals surface area contributed by atoms with Gasteiger partial charge < -0.3 is 10.6 Å². The third-order valence-electron chi connectivity index (χ3n) is 6.00. The first-order valence-electron chi connectivity index (χ1n) is 12.3. The summed E-state index contributed by atoms with van der Waals surface area (Å²) in [5.41, 5.74) is 4.25. The Hall–Kier alpha value is -3.97. The number of benzene rings is 3. The predicted octanol–water partition coefficient (Wildman–Crippen LogP) is 5.29. The third-order valence-corrected chi connectivity index (χ3v) is 8.00.